The quantitative estimate of drug-likeness (QED) is 0.483. The van der Waals surface area contributed by atoms with Gasteiger partial charge in [-0.25, -0.2) is 9.98 Å². The maximum absolute atomic E-state index is 9.54. The van der Waals surface area contributed by atoms with Crippen molar-refractivity contribution in [2.24, 2.45) is 10.4 Å². The lowest BCUT2D eigenvalue weighted by Crippen LogP contribution is -2.45. The number of rotatable bonds is 8. The van der Waals surface area contributed by atoms with E-state index in [-0.39, 0.29) is 12.0 Å². The van der Waals surface area contributed by atoms with Crippen molar-refractivity contribution in [3.8, 4) is 5.69 Å². The fourth-order valence-corrected chi connectivity index (χ4v) is 4.13. The van der Waals surface area contributed by atoms with E-state index in [2.05, 4.69) is 34.7 Å². The van der Waals surface area contributed by atoms with Crippen LogP contribution in [0.3, 0.4) is 0 Å². The summed E-state index contributed by atoms with van der Waals surface area (Å²) in [6.45, 7) is 4.62. The van der Waals surface area contributed by atoms with E-state index in [1.807, 2.05) is 29.2 Å². The lowest BCUT2D eigenvalue weighted by molar-refractivity contribution is 0.131. The number of guanidine groups is 1. The molecular formula is C22H33N5O. The molecule has 0 saturated heterocycles. The fraction of sp³-hybridized carbons (Fsp3) is 0.545. The molecular weight excluding hydrogens is 350 g/mol. The van der Waals surface area contributed by atoms with Gasteiger partial charge in [0.1, 0.15) is 0 Å². The summed E-state index contributed by atoms with van der Waals surface area (Å²) in [5, 5.41) is 16.5. The monoisotopic (exact) mass is 383 g/mol. The number of benzene rings is 1. The molecule has 0 aliphatic heterocycles. The zero-order valence-corrected chi connectivity index (χ0v) is 16.9. The molecule has 152 valence electrons. The third-order valence-electron chi connectivity index (χ3n) is 5.71. The van der Waals surface area contributed by atoms with Crippen LogP contribution in [0.5, 0.6) is 0 Å². The Morgan fingerprint density at radius 2 is 2.04 bits per heavy atom. The highest BCUT2D eigenvalue weighted by Crippen LogP contribution is 2.38. The van der Waals surface area contributed by atoms with Crippen molar-refractivity contribution in [1.29, 1.82) is 0 Å². The number of nitrogens with zero attached hydrogens (tertiary/aromatic N) is 3. The molecule has 0 amide bonds. The standard InChI is InChI=1S/C22H33N5O/c1-2-24-21(26-17-22(12-15-28)10-6-3-7-11-22)25-16-19-8-4-5-9-20(19)27-14-13-23-18-27/h4-5,8-9,13-14,18,28H,2-3,6-7,10-12,15-17H2,1H3,(H2,24,25,26). The number of aliphatic imine (C=N–C) groups is 1. The van der Waals surface area contributed by atoms with E-state index in [1.54, 1.807) is 6.20 Å². The third kappa shape index (κ3) is 5.35. The Kier molecular flexibility index (Phi) is 7.48. The van der Waals surface area contributed by atoms with Gasteiger partial charge < -0.3 is 20.3 Å². The fourth-order valence-electron chi connectivity index (χ4n) is 4.13. The van der Waals surface area contributed by atoms with Crippen molar-refractivity contribution in [2.75, 3.05) is 19.7 Å². The summed E-state index contributed by atoms with van der Waals surface area (Å²) >= 11 is 0. The van der Waals surface area contributed by atoms with Crippen molar-refractivity contribution in [3.63, 3.8) is 0 Å². The number of aliphatic hydroxyl groups is 1. The first kappa shape index (κ1) is 20.4. The van der Waals surface area contributed by atoms with E-state index in [4.69, 9.17) is 4.99 Å². The van der Waals surface area contributed by atoms with Crippen LogP contribution in [-0.4, -0.2) is 40.3 Å². The molecule has 2 aromatic rings. The van der Waals surface area contributed by atoms with Crippen LogP contribution >= 0.6 is 0 Å². The Labute approximate surface area is 168 Å². The minimum atomic E-state index is 0.192. The topological polar surface area (TPSA) is 74.5 Å². The first-order valence-corrected chi connectivity index (χ1v) is 10.5. The molecule has 1 aromatic heterocycles. The number of imidazole rings is 1. The number of para-hydroxylation sites is 1. The number of nitrogens with one attached hydrogen (secondary N) is 2. The van der Waals surface area contributed by atoms with Crippen LogP contribution < -0.4 is 10.6 Å². The predicted octanol–water partition coefficient (Wildman–Crippen LogP) is 3.26. The van der Waals surface area contributed by atoms with E-state index >= 15 is 0 Å². The molecule has 0 spiro atoms. The summed E-state index contributed by atoms with van der Waals surface area (Å²) in [6, 6.07) is 8.28. The third-order valence-corrected chi connectivity index (χ3v) is 5.71. The summed E-state index contributed by atoms with van der Waals surface area (Å²) in [5.74, 6) is 0.839. The van der Waals surface area contributed by atoms with E-state index in [9.17, 15) is 5.11 Å². The Bertz CT molecular complexity index is 730. The summed E-state index contributed by atoms with van der Waals surface area (Å²) in [5.41, 5.74) is 2.45. The highest BCUT2D eigenvalue weighted by molar-refractivity contribution is 5.79. The van der Waals surface area contributed by atoms with Gasteiger partial charge in [0.2, 0.25) is 0 Å². The van der Waals surface area contributed by atoms with Crippen molar-refractivity contribution in [2.45, 2.75) is 52.0 Å². The zero-order valence-electron chi connectivity index (χ0n) is 16.9. The predicted molar refractivity (Wildman–Crippen MR) is 114 cm³/mol. The van der Waals surface area contributed by atoms with Gasteiger partial charge in [0.15, 0.2) is 5.96 Å². The molecule has 1 aliphatic rings. The first-order chi connectivity index (χ1) is 13.8. The van der Waals surface area contributed by atoms with Crippen LogP contribution in [0.25, 0.3) is 5.69 Å². The smallest absolute Gasteiger partial charge is 0.191 e. The van der Waals surface area contributed by atoms with Gasteiger partial charge in [-0.3, -0.25) is 0 Å². The summed E-state index contributed by atoms with van der Waals surface area (Å²) < 4.78 is 2.02. The molecule has 1 aromatic carbocycles. The Morgan fingerprint density at radius 1 is 1.21 bits per heavy atom. The van der Waals surface area contributed by atoms with E-state index in [0.717, 1.165) is 36.7 Å². The van der Waals surface area contributed by atoms with Crippen LogP contribution in [-0.2, 0) is 6.54 Å². The summed E-state index contributed by atoms with van der Waals surface area (Å²) in [7, 11) is 0. The molecule has 1 fully saturated rings. The maximum atomic E-state index is 9.54. The van der Waals surface area contributed by atoms with Crippen LogP contribution in [0.4, 0.5) is 0 Å². The second kappa shape index (κ2) is 10.3. The van der Waals surface area contributed by atoms with E-state index in [1.165, 1.54) is 32.1 Å². The van der Waals surface area contributed by atoms with E-state index in [0.29, 0.717) is 6.54 Å². The molecule has 1 saturated carbocycles. The normalized spacial score (nSPS) is 16.7. The van der Waals surface area contributed by atoms with Crippen molar-refractivity contribution < 1.29 is 5.11 Å². The van der Waals surface area contributed by atoms with Crippen LogP contribution in [0.15, 0.2) is 48.0 Å². The van der Waals surface area contributed by atoms with Crippen LogP contribution in [0.2, 0.25) is 0 Å². The van der Waals surface area contributed by atoms with Gasteiger partial charge in [0.25, 0.3) is 0 Å². The van der Waals surface area contributed by atoms with Gasteiger partial charge in [-0.2, -0.15) is 0 Å². The lowest BCUT2D eigenvalue weighted by Gasteiger charge is -2.37. The highest BCUT2D eigenvalue weighted by Gasteiger charge is 2.31. The van der Waals surface area contributed by atoms with Gasteiger partial charge >= 0.3 is 0 Å². The largest absolute Gasteiger partial charge is 0.396 e. The minimum Gasteiger partial charge on any atom is -0.396 e. The molecule has 0 bridgehead atoms. The van der Waals surface area contributed by atoms with Gasteiger partial charge in [0.05, 0.1) is 18.6 Å². The Hall–Kier alpha value is -2.34. The molecule has 3 rings (SSSR count). The minimum absolute atomic E-state index is 0.192. The van der Waals surface area contributed by atoms with Gasteiger partial charge in [-0.1, -0.05) is 37.5 Å². The number of aliphatic hydroxyl groups excluding tert-OH is 1. The number of hydrogen-bond donors (Lipinski definition) is 3. The lowest BCUT2D eigenvalue weighted by atomic mass is 9.72. The molecule has 0 unspecified atom stereocenters. The second-order valence-corrected chi connectivity index (χ2v) is 7.68. The summed E-state index contributed by atoms with van der Waals surface area (Å²) in [6.07, 6.45) is 12.6. The van der Waals surface area contributed by atoms with Crippen molar-refractivity contribution in [1.82, 2.24) is 20.2 Å². The second-order valence-electron chi connectivity index (χ2n) is 7.68. The average molecular weight is 384 g/mol. The van der Waals surface area contributed by atoms with Crippen LogP contribution in [0, 0.1) is 5.41 Å². The molecule has 1 heterocycles. The highest BCUT2D eigenvalue weighted by atomic mass is 16.3. The molecule has 6 nitrogen and oxygen atoms in total. The molecule has 0 atom stereocenters. The molecule has 28 heavy (non-hydrogen) atoms. The maximum Gasteiger partial charge on any atom is 0.191 e. The first-order valence-electron chi connectivity index (χ1n) is 10.5. The summed E-state index contributed by atoms with van der Waals surface area (Å²) in [4.78, 5) is 8.98. The molecule has 1 aliphatic carbocycles. The number of aromatic nitrogens is 2. The number of hydrogen-bond acceptors (Lipinski definition) is 3. The molecule has 6 heteroatoms. The molecule has 3 N–H and O–H groups in total. The Morgan fingerprint density at radius 3 is 2.75 bits per heavy atom. The van der Waals surface area contributed by atoms with Crippen molar-refractivity contribution >= 4 is 5.96 Å². The molecule has 0 radical (unpaired) electrons. The van der Waals surface area contributed by atoms with Gasteiger partial charge in [-0.05, 0) is 43.2 Å². The zero-order chi connectivity index (χ0) is 19.7. The van der Waals surface area contributed by atoms with Gasteiger partial charge in [0, 0.05) is 32.1 Å². The Balaban J connectivity index is 1.69. The van der Waals surface area contributed by atoms with Gasteiger partial charge in [-0.15, -0.1) is 0 Å². The van der Waals surface area contributed by atoms with Crippen molar-refractivity contribution in [3.05, 3.63) is 48.5 Å². The van der Waals surface area contributed by atoms with E-state index < -0.39 is 0 Å². The average Bonchev–Trinajstić information content (AvgIpc) is 3.26. The SMILES string of the molecule is CCNC(=NCc1ccccc1-n1ccnc1)NCC1(CCO)CCCCC1. The van der Waals surface area contributed by atoms with Crippen LogP contribution in [0.1, 0.15) is 51.0 Å².